The molecule has 41 heavy (non-hydrogen) atoms. The number of rotatable bonds is 1. The van der Waals surface area contributed by atoms with Crippen molar-refractivity contribution < 1.29 is 4.74 Å². The van der Waals surface area contributed by atoms with Gasteiger partial charge in [-0.15, -0.1) is 0 Å². The van der Waals surface area contributed by atoms with E-state index >= 15 is 0 Å². The molecule has 6 aromatic rings. The van der Waals surface area contributed by atoms with Crippen molar-refractivity contribution in [3.8, 4) is 44.9 Å². The van der Waals surface area contributed by atoms with Crippen molar-refractivity contribution >= 4 is 0 Å². The van der Waals surface area contributed by atoms with Gasteiger partial charge >= 0.3 is 0 Å². The third kappa shape index (κ3) is 2.76. The van der Waals surface area contributed by atoms with Gasteiger partial charge in [-0.1, -0.05) is 135 Å². The van der Waals surface area contributed by atoms with Gasteiger partial charge in [-0.2, -0.15) is 0 Å². The lowest BCUT2D eigenvalue weighted by Crippen LogP contribution is -2.26. The lowest BCUT2D eigenvalue weighted by atomic mass is 9.68. The van der Waals surface area contributed by atoms with Crippen LogP contribution in [0.15, 0.2) is 133 Å². The van der Waals surface area contributed by atoms with Crippen molar-refractivity contribution in [1.29, 1.82) is 0 Å². The zero-order valence-electron chi connectivity index (χ0n) is 23.1. The Hall–Kier alpha value is -4.88. The molecule has 0 bridgehead atoms. The van der Waals surface area contributed by atoms with E-state index < -0.39 is 0 Å². The molecule has 0 N–H and O–H groups in total. The second-order valence-corrected chi connectivity index (χ2v) is 12.0. The molecule has 0 unspecified atom stereocenters. The number of fused-ring (bicyclic) bond motifs is 12. The Kier molecular flexibility index (Phi) is 4.39. The van der Waals surface area contributed by atoms with Crippen molar-refractivity contribution in [1.82, 2.24) is 0 Å². The molecule has 1 nitrogen and oxygen atoms in total. The predicted molar refractivity (Wildman–Crippen MR) is 167 cm³/mol. The normalized spacial score (nSPS) is 15.7. The quantitative estimate of drug-likeness (QED) is 0.208. The molecule has 0 amide bonds. The molecule has 2 aliphatic carbocycles. The summed E-state index contributed by atoms with van der Waals surface area (Å²) < 4.78 is 6.59. The Morgan fingerprint density at radius 3 is 1.56 bits per heavy atom. The molecule has 0 aromatic heterocycles. The minimum atomic E-state index is -0.377. The van der Waals surface area contributed by atoms with E-state index in [1.54, 1.807) is 0 Å². The summed E-state index contributed by atoms with van der Waals surface area (Å²) in [5.41, 5.74) is 15.1. The monoisotopic (exact) mass is 524 g/mol. The SMILES string of the molecule is CC1(C)c2ccccc2Oc2cc(-c3cccc4c3C3(c5ccccc5-c5ccccc53)c3ccccc3-4)ccc21. The van der Waals surface area contributed by atoms with Crippen LogP contribution in [-0.2, 0) is 10.8 Å². The number of hydrogen-bond donors (Lipinski definition) is 0. The molecule has 0 fully saturated rings. The van der Waals surface area contributed by atoms with E-state index in [9.17, 15) is 0 Å². The minimum absolute atomic E-state index is 0.137. The van der Waals surface area contributed by atoms with Gasteiger partial charge in [0.25, 0.3) is 0 Å². The fourth-order valence-electron chi connectivity index (χ4n) is 8.02. The van der Waals surface area contributed by atoms with E-state index in [0.29, 0.717) is 0 Å². The van der Waals surface area contributed by atoms with Crippen LogP contribution in [-0.4, -0.2) is 0 Å². The second-order valence-electron chi connectivity index (χ2n) is 12.0. The van der Waals surface area contributed by atoms with E-state index in [1.165, 1.54) is 66.8 Å². The number of para-hydroxylation sites is 1. The summed E-state index contributed by atoms with van der Waals surface area (Å²) in [5.74, 6) is 1.89. The summed E-state index contributed by atoms with van der Waals surface area (Å²) in [7, 11) is 0. The maximum absolute atomic E-state index is 6.59. The first-order valence-corrected chi connectivity index (χ1v) is 14.4. The van der Waals surface area contributed by atoms with Crippen LogP contribution in [0, 0.1) is 0 Å². The van der Waals surface area contributed by atoms with Crippen molar-refractivity contribution in [2.75, 3.05) is 0 Å². The second kappa shape index (κ2) is 7.86. The zero-order valence-corrected chi connectivity index (χ0v) is 23.1. The summed E-state index contributed by atoms with van der Waals surface area (Å²) in [6, 6.07) is 49.1. The molecule has 6 aromatic carbocycles. The van der Waals surface area contributed by atoms with Gasteiger partial charge in [-0.05, 0) is 67.8 Å². The number of hydrogen-bond acceptors (Lipinski definition) is 1. The van der Waals surface area contributed by atoms with Gasteiger partial charge in [0.1, 0.15) is 11.5 Å². The summed E-state index contributed by atoms with van der Waals surface area (Å²) in [6.07, 6.45) is 0. The highest BCUT2D eigenvalue weighted by Crippen LogP contribution is 2.64. The minimum Gasteiger partial charge on any atom is -0.457 e. The van der Waals surface area contributed by atoms with Crippen molar-refractivity contribution in [2.24, 2.45) is 0 Å². The molecule has 1 heterocycles. The molecular weight excluding hydrogens is 496 g/mol. The van der Waals surface area contributed by atoms with Crippen molar-refractivity contribution in [3.05, 3.63) is 167 Å². The smallest absolute Gasteiger partial charge is 0.132 e. The van der Waals surface area contributed by atoms with Crippen LogP contribution in [0.3, 0.4) is 0 Å². The number of benzene rings is 6. The van der Waals surface area contributed by atoms with Crippen LogP contribution < -0.4 is 4.74 Å². The first-order chi connectivity index (χ1) is 20.1. The Morgan fingerprint density at radius 1 is 0.415 bits per heavy atom. The molecule has 0 radical (unpaired) electrons. The van der Waals surface area contributed by atoms with Crippen molar-refractivity contribution in [3.63, 3.8) is 0 Å². The van der Waals surface area contributed by atoms with Gasteiger partial charge in [0.2, 0.25) is 0 Å². The summed E-state index contributed by atoms with van der Waals surface area (Å²) >= 11 is 0. The largest absolute Gasteiger partial charge is 0.457 e. The highest BCUT2D eigenvalue weighted by Gasteiger charge is 2.52. The molecule has 1 heteroatoms. The van der Waals surface area contributed by atoms with E-state index in [-0.39, 0.29) is 10.8 Å². The lowest BCUT2D eigenvalue weighted by Gasteiger charge is -2.35. The van der Waals surface area contributed by atoms with Crippen LogP contribution in [0.25, 0.3) is 33.4 Å². The van der Waals surface area contributed by atoms with Gasteiger partial charge in [0, 0.05) is 16.5 Å². The van der Waals surface area contributed by atoms with Crippen LogP contribution >= 0.6 is 0 Å². The average molecular weight is 525 g/mol. The van der Waals surface area contributed by atoms with Gasteiger partial charge in [0.05, 0.1) is 5.41 Å². The molecule has 0 atom stereocenters. The van der Waals surface area contributed by atoms with E-state index in [4.69, 9.17) is 4.74 Å². The van der Waals surface area contributed by atoms with Gasteiger partial charge in [-0.25, -0.2) is 0 Å². The molecule has 0 saturated carbocycles. The van der Waals surface area contributed by atoms with E-state index in [0.717, 1.165) is 11.5 Å². The summed E-state index contributed by atoms with van der Waals surface area (Å²) in [6.45, 7) is 4.59. The Bertz CT molecular complexity index is 2000. The van der Waals surface area contributed by atoms with Gasteiger partial charge in [-0.3, -0.25) is 0 Å². The maximum Gasteiger partial charge on any atom is 0.132 e. The highest BCUT2D eigenvalue weighted by molar-refractivity contribution is 5.98. The summed E-state index contributed by atoms with van der Waals surface area (Å²) in [4.78, 5) is 0. The Labute approximate surface area is 240 Å². The molecule has 9 rings (SSSR count). The fraction of sp³-hybridized carbons (Fsp3) is 0.100. The summed E-state index contributed by atoms with van der Waals surface area (Å²) in [5, 5.41) is 0. The van der Waals surface area contributed by atoms with Crippen LogP contribution in [0.1, 0.15) is 47.2 Å². The standard InChI is InChI=1S/C40H28O/c1-39(2)34-20-9-10-21-36(34)41-37-24-25(22-23-35(37)39)26-15-11-16-30-29-14-5-8-19-33(29)40(38(26)30)31-17-6-3-12-27(31)28-13-4-7-18-32(28)40/h3-24H,1-2H3. The predicted octanol–water partition coefficient (Wildman–Crippen LogP) is 10.1. The molecule has 0 saturated heterocycles. The number of ether oxygens (including phenoxy) is 1. The van der Waals surface area contributed by atoms with Crippen LogP contribution in [0.5, 0.6) is 11.5 Å². The first kappa shape index (κ1) is 22.9. The molecular formula is C40H28O. The average Bonchev–Trinajstić information content (AvgIpc) is 3.48. The highest BCUT2D eigenvalue weighted by atomic mass is 16.5. The first-order valence-electron chi connectivity index (χ1n) is 14.4. The molecule has 3 aliphatic rings. The van der Waals surface area contributed by atoms with Crippen LogP contribution in [0.2, 0.25) is 0 Å². The Morgan fingerprint density at radius 2 is 0.902 bits per heavy atom. The third-order valence-electron chi connectivity index (χ3n) is 9.76. The van der Waals surface area contributed by atoms with Gasteiger partial charge in [0.15, 0.2) is 0 Å². The molecule has 1 spiro atoms. The zero-order chi connectivity index (χ0) is 27.3. The molecule has 194 valence electrons. The van der Waals surface area contributed by atoms with Crippen molar-refractivity contribution in [2.45, 2.75) is 24.7 Å². The van der Waals surface area contributed by atoms with Gasteiger partial charge < -0.3 is 4.74 Å². The topological polar surface area (TPSA) is 9.23 Å². The van der Waals surface area contributed by atoms with E-state index in [1.807, 2.05) is 0 Å². The lowest BCUT2D eigenvalue weighted by molar-refractivity contribution is 0.418. The molecule has 1 aliphatic heterocycles. The fourth-order valence-corrected chi connectivity index (χ4v) is 8.02. The maximum atomic E-state index is 6.59. The van der Waals surface area contributed by atoms with E-state index in [2.05, 4.69) is 147 Å². The van der Waals surface area contributed by atoms with Crippen LogP contribution in [0.4, 0.5) is 0 Å². The Balaban J connectivity index is 1.35. The third-order valence-corrected chi connectivity index (χ3v) is 9.76.